The molecular formula is C19H17F3N2OS. The number of halogens is 3. The Kier molecular flexibility index (Phi) is 5.27. The van der Waals surface area contributed by atoms with E-state index in [2.05, 4.69) is 9.88 Å². The van der Waals surface area contributed by atoms with Crippen molar-refractivity contribution < 1.29 is 18.0 Å². The minimum Gasteiger partial charge on any atom is -0.347 e. The zero-order valence-electron chi connectivity index (χ0n) is 14.0. The largest absolute Gasteiger partial charge is 0.418 e. The molecule has 0 aliphatic carbocycles. The summed E-state index contributed by atoms with van der Waals surface area (Å²) in [4.78, 5) is 13.1. The molecule has 1 heterocycles. The van der Waals surface area contributed by atoms with Crippen molar-refractivity contribution in [2.75, 3.05) is 11.1 Å². The van der Waals surface area contributed by atoms with Gasteiger partial charge in [0.1, 0.15) is 0 Å². The van der Waals surface area contributed by atoms with Gasteiger partial charge in [-0.25, -0.2) is 0 Å². The first-order valence-electron chi connectivity index (χ1n) is 8.07. The van der Waals surface area contributed by atoms with Crippen molar-refractivity contribution in [2.24, 2.45) is 0 Å². The standard InChI is InChI=1S/C19H17F3N2OS/c1-2-24-11-17(13-7-3-6-10-16(13)24)26-12-18(25)23-15-9-5-4-8-14(15)19(20,21)22/h3-11H,2,12H2,1H3,(H,23,25). The van der Waals surface area contributed by atoms with Gasteiger partial charge in [0.2, 0.25) is 5.91 Å². The molecule has 0 saturated heterocycles. The molecule has 0 unspecified atom stereocenters. The molecule has 3 rings (SSSR count). The van der Waals surface area contributed by atoms with Crippen molar-refractivity contribution in [2.45, 2.75) is 24.5 Å². The number of aromatic nitrogens is 1. The molecule has 0 fully saturated rings. The van der Waals surface area contributed by atoms with Gasteiger partial charge in [-0.05, 0) is 25.1 Å². The van der Waals surface area contributed by atoms with Gasteiger partial charge < -0.3 is 9.88 Å². The average molecular weight is 378 g/mol. The van der Waals surface area contributed by atoms with Gasteiger partial charge in [-0.1, -0.05) is 30.3 Å². The number of carbonyl (C=O) groups excluding carboxylic acids is 1. The van der Waals surface area contributed by atoms with E-state index in [4.69, 9.17) is 0 Å². The molecule has 1 amide bonds. The normalized spacial score (nSPS) is 11.7. The number of fused-ring (bicyclic) bond motifs is 1. The van der Waals surface area contributed by atoms with Gasteiger partial charge >= 0.3 is 6.18 Å². The Morgan fingerprint density at radius 1 is 1.12 bits per heavy atom. The van der Waals surface area contributed by atoms with Crippen LogP contribution in [0.3, 0.4) is 0 Å². The fourth-order valence-corrected chi connectivity index (χ4v) is 3.65. The van der Waals surface area contributed by atoms with E-state index in [0.29, 0.717) is 0 Å². The summed E-state index contributed by atoms with van der Waals surface area (Å²) in [7, 11) is 0. The number of aryl methyl sites for hydroxylation is 1. The quantitative estimate of drug-likeness (QED) is 0.602. The number of rotatable bonds is 5. The molecule has 0 saturated carbocycles. The number of carbonyl (C=O) groups is 1. The second-order valence-electron chi connectivity index (χ2n) is 5.68. The fourth-order valence-electron chi connectivity index (χ4n) is 2.76. The molecule has 1 aromatic heterocycles. The summed E-state index contributed by atoms with van der Waals surface area (Å²) < 4.78 is 41.1. The topological polar surface area (TPSA) is 34.0 Å². The Morgan fingerprint density at radius 3 is 2.54 bits per heavy atom. The van der Waals surface area contributed by atoms with E-state index < -0.39 is 17.6 Å². The zero-order valence-corrected chi connectivity index (χ0v) is 14.8. The Labute approximate surface area is 153 Å². The molecule has 2 aromatic carbocycles. The van der Waals surface area contributed by atoms with E-state index in [1.807, 2.05) is 37.4 Å². The average Bonchev–Trinajstić information content (AvgIpc) is 2.97. The minimum atomic E-state index is -4.51. The van der Waals surface area contributed by atoms with E-state index in [1.165, 1.54) is 30.0 Å². The third kappa shape index (κ3) is 3.88. The van der Waals surface area contributed by atoms with Crippen LogP contribution in [-0.4, -0.2) is 16.2 Å². The van der Waals surface area contributed by atoms with Crippen molar-refractivity contribution in [1.82, 2.24) is 4.57 Å². The summed E-state index contributed by atoms with van der Waals surface area (Å²) in [5.41, 5.74) is 0.00264. The summed E-state index contributed by atoms with van der Waals surface area (Å²) in [6.07, 6.45) is -2.54. The Balaban J connectivity index is 1.73. The lowest BCUT2D eigenvalue weighted by Gasteiger charge is -2.13. The number of amides is 1. The lowest BCUT2D eigenvalue weighted by molar-refractivity contribution is -0.137. The highest BCUT2D eigenvalue weighted by molar-refractivity contribution is 8.00. The molecule has 7 heteroatoms. The fraction of sp³-hybridized carbons (Fsp3) is 0.211. The van der Waals surface area contributed by atoms with Crippen molar-refractivity contribution >= 4 is 34.3 Å². The highest BCUT2D eigenvalue weighted by Gasteiger charge is 2.33. The van der Waals surface area contributed by atoms with Gasteiger partial charge in [0.15, 0.2) is 0 Å². The number of hydrogen-bond donors (Lipinski definition) is 1. The predicted octanol–water partition coefficient (Wildman–Crippen LogP) is 5.41. The van der Waals surface area contributed by atoms with Crippen LogP contribution in [0.4, 0.5) is 18.9 Å². The van der Waals surface area contributed by atoms with Gasteiger partial charge in [-0.3, -0.25) is 4.79 Å². The first-order valence-corrected chi connectivity index (χ1v) is 9.05. The van der Waals surface area contributed by atoms with E-state index in [-0.39, 0.29) is 11.4 Å². The number of hydrogen-bond acceptors (Lipinski definition) is 2. The molecular weight excluding hydrogens is 361 g/mol. The number of thioether (sulfide) groups is 1. The number of nitrogens with one attached hydrogen (secondary N) is 1. The summed E-state index contributed by atoms with van der Waals surface area (Å²) >= 11 is 1.31. The van der Waals surface area contributed by atoms with Crippen molar-refractivity contribution in [3.8, 4) is 0 Å². The van der Waals surface area contributed by atoms with Gasteiger partial charge in [0, 0.05) is 28.5 Å². The molecule has 0 spiro atoms. The van der Waals surface area contributed by atoms with Gasteiger partial charge in [-0.15, -0.1) is 11.8 Å². The molecule has 1 N–H and O–H groups in total. The lowest BCUT2D eigenvalue weighted by atomic mass is 10.1. The molecule has 0 radical (unpaired) electrons. The van der Waals surface area contributed by atoms with Crippen LogP contribution in [0, 0.1) is 0 Å². The molecule has 26 heavy (non-hydrogen) atoms. The third-order valence-corrected chi connectivity index (χ3v) is 5.00. The second kappa shape index (κ2) is 7.45. The van der Waals surface area contributed by atoms with Crippen LogP contribution in [0.5, 0.6) is 0 Å². The molecule has 0 atom stereocenters. The zero-order chi connectivity index (χ0) is 18.7. The van der Waals surface area contributed by atoms with E-state index in [0.717, 1.165) is 28.4 Å². The maximum Gasteiger partial charge on any atom is 0.418 e. The van der Waals surface area contributed by atoms with Crippen molar-refractivity contribution in [1.29, 1.82) is 0 Å². The van der Waals surface area contributed by atoms with Crippen LogP contribution >= 0.6 is 11.8 Å². The smallest absolute Gasteiger partial charge is 0.347 e. The number of para-hydroxylation sites is 2. The number of anilines is 1. The Bertz CT molecular complexity index is 934. The van der Waals surface area contributed by atoms with Crippen LogP contribution in [0.25, 0.3) is 10.9 Å². The predicted molar refractivity (Wildman–Crippen MR) is 98.4 cm³/mol. The first-order chi connectivity index (χ1) is 12.4. The number of alkyl halides is 3. The first kappa shape index (κ1) is 18.4. The Morgan fingerprint density at radius 2 is 1.81 bits per heavy atom. The third-order valence-electron chi connectivity index (χ3n) is 3.96. The molecule has 0 bridgehead atoms. The van der Waals surface area contributed by atoms with E-state index in [1.54, 1.807) is 0 Å². The van der Waals surface area contributed by atoms with Gasteiger partial charge in [0.25, 0.3) is 0 Å². The highest BCUT2D eigenvalue weighted by Crippen LogP contribution is 2.35. The van der Waals surface area contributed by atoms with Crippen LogP contribution < -0.4 is 5.32 Å². The Hall–Kier alpha value is -2.41. The van der Waals surface area contributed by atoms with Crippen LogP contribution in [0.2, 0.25) is 0 Å². The van der Waals surface area contributed by atoms with E-state index >= 15 is 0 Å². The van der Waals surface area contributed by atoms with Crippen LogP contribution in [0.1, 0.15) is 12.5 Å². The van der Waals surface area contributed by atoms with Crippen molar-refractivity contribution in [3.05, 3.63) is 60.3 Å². The molecule has 3 nitrogen and oxygen atoms in total. The summed E-state index contributed by atoms with van der Waals surface area (Å²) in [5, 5.41) is 3.40. The molecule has 0 aliphatic rings. The van der Waals surface area contributed by atoms with Crippen LogP contribution in [0.15, 0.2) is 59.6 Å². The molecule has 3 aromatic rings. The SMILES string of the molecule is CCn1cc(SCC(=O)Nc2ccccc2C(F)(F)F)c2ccccc21. The monoisotopic (exact) mass is 378 g/mol. The molecule has 136 valence electrons. The highest BCUT2D eigenvalue weighted by atomic mass is 32.2. The summed E-state index contributed by atoms with van der Waals surface area (Å²) in [6, 6.07) is 12.8. The maximum absolute atomic E-state index is 13.0. The lowest BCUT2D eigenvalue weighted by Crippen LogP contribution is -2.18. The summed E-state index contributed by atoms with van der Waals surface area (Å²) in [6.45, 7) is 2.83. The van der Waals surface area contributed by atoms with Crippen molar-refractivity contribution in [3.63, 3.8) is 0 Å². The summed E-state index contributed by atoms with van der Waals surface area (Å²) in [5.74, 6) is -0.441. The minimum absolute atomic E-state index is 0.0317. The van der Waals surface area contributed by atoms with Gasteiger partial charge in [-0.2, -0.15) is 13.2 Å². The van der Waals surface area contributed by atoms with Crippen LogP contribution in [-0.2, 0) is 17.5 Å². The number of nitrogens with zero attached hydrogens (tertiary/aromatic N) is 1. The second-order valence-corrected chi connectivity index (χ2v) is 6.69. The molecule has 0 aliphatic heterocycles. The number of benzene rings is 2. The van der Waals surface area contributed by atoms with Gasteiger partial charge in [0.05, 0.1) is 17.0 Å². The van der Waals surface area contributed by atoms with E-state index in [9.17, 15) is 18.0 Å². The maximum atomic E-state index is 13.0.